The Bertz CT molecular complexity index is 901. The van der Waals surface area contributed by atoms with Crippen molar-refractivity contribution in [2.45, 2.75) is 63.5 Å². The molecule has 3 aliphatic rings. The molecule has 0 radical (unpaired) electrons. The maximum atomic E-state index is 12.9. The van der Waals surface area contributed by atoms with E-state index >= 15 is 0 Å². The molecule has 1 aliphatic carbocycles. The second-order valence-corrected chi connectivity index (χ2v) is 9.41. The maximum absolute atomic E-state index is 12.9. The quantitative estimate of drug-likeness (QED) is 0.659. The van der Waals surface area contributed by atoms with Gasteiger partial charge in [0.15, 0.2) is 11.0 Å². The van der Waals surface area contributed by atoms with Gasteiger partial charge in [-0.1, -0.05) is 25.5 Å². The molecule has 31 heavy (non-hydrogen) atoms. The normalized spacial score (nSPS) is 22.8. The molecule has 168 valence electrons. The molecular weight excluding hydrogens is 414 g/mol. The molecule has 4 rings (SSSR count). The molecule has 0 spiro atoms. The molecule has 2 unspecified atom stereocenters. The van der Waals surface area contributed by atoms with Crippen molar-refractivity contribution in [1.29, 1.82) is 0 Å². The molecule has 8 heteroatoms. The summed E-state index contributed by atoms with van der Waals surface area (Å²) in [5.41, 5.74) is 2.68. The second kappa shape index (κ2) is 10.1. The first-order chi connectivity index (χ1) is 15.1. The summed E-state index contributed by atoms with van der Waals surface area (Å²) in [7, 11) is -1.29. The van der Waals surface area contributed by atoms with Crippen LogP contribution in [0.5, 0.6) is 5.75 Å². The molecular formula is C23H31N3O4S. The van der Waals surface area contributed by atoms with Crippen molar-refractivity contribution in [1.82, 2.24) is 10.3 Å². The number of aromatic nitrogens is 1. The van der Waals surface area contributed by atoms with E-state index in [0.29, 0.717) is 23.9 Å². The van der Waals surface area contributed by atoms with Gasteiger partial charge in [0.1, 0.15) is 5.75 Å². The van der Waals surface area contributed by atoms with Gasteiger partial charge in [-0.25, -0.2) is 0 Å². The molecule has 7 nitrogen and oxygen atoms in total. The van der Waals surface area contributed by atoms with Gasteiger partial charge < -0.3 is 19.5 Å². The van der Waals surface area contributed by atoms with E-state index in [4.69, 9.17) is 14.2 Å². The molecule has 0 aromatic carbocycles. The lowest BCUT2D eigenvalue weighted by molar-refractivity contribution is -0.275. The molecule has 1 aromatic heterocycles. The zero-order valence-corrected chi connectivity index (χ0v) is 19.1. The van der Waals surface area contributed by atoms with Crippen molar-refractivity contribution in [2.75, 3.05) is 19.8 Å². The van der Waals surface area contributed by atoms with E-state index in [0.717, 1.165) is 61.6 Å². The smallest absolute Gasteiger partial charge is 0.193 e. The number of pyridine rings is 1. The Morgan fingerprint density at radius 1 is 1.32 bits per heavy atom. The number of fused-ring (bicyclic) bond motifs is 1. The largest absolute Gasteiger partial charge is 0.493 e. The topological polar surface area (TPSA) is 82.0 Å². The zero-order valence-electron chi connectivity index (χ0n) is 18.3. The Labute approximate surface area is 186 Å². The van der Waals surface area contributed by atoms with Crippen molar-refractivity contribution in [3.63, 3.8) is 0 Å². The van der Waals surface area contributed by atoms with Gasteiger partial charge in [0.2, 0.25) is 0 Å². The summed E-state index contributed by atoms with van der Waals surface area (Å²) in [5, 5.41) is 3.73. The standard InChI is InChI=1S/C23H31N3O4S/c1-3-10-23(29-13-6-14-30-23)11-15-28-21-9-12-24-20(17(21)2)16-31(27)22-25-18-7-4-5-8-19(18)26-22/h4-5,7,9,12,19H,3,6,8,10-11,13-16H2,1-2H3,(H,25,26). The van der Waals surface area contributed by atoms with Gasteiger partial charge in [0, 0.05) is 30.3 Å². The fraction of sp³-hybridized carbons (Fsp3) is 0.565. The lowest BCUT2D eigenvalue weighted by Crippen LogP contribution is -2.41. The molecule has 3 heterocycles. The minimum atomic E-state index is -1.29. The summed E-state index contributed by atoms with van der Waals surface area (Å²) in [6, 6.07) is 1.92. The third-order valence-electron chi connectivity index (χ3n) is 5.79. The number of amidine groups is 1. The average Bonchev–Trinajstić information content (AvgIpc) is 3.22. The van der Waals surface area contributed by atoms with Crippen molar-refractivity contribution < 1.29 is 18.4 Å². The van der Waals surface area contributed by atoms with Gasteiger partial charge in [-0.3, -0.25) is 14.2 Å². The Balaban J connectivity index is 1.36. The zero-order chi connectivity index (χ0) is 21.7. The first-order valence-electron chi connectivity index (χ1n) is 11.1. The van der Waals surface area contributed by atoms with Crippen LogP contribution < -0.4 is 10.1 Å². The SMILES string of the molecule is CCCC1(CCOc2ccnc(CS(=O)C3=NC4CC=CC=C4N3)c2C)OCCCO1. The van der Waals surface area contributed by atoms with Crippen LogP contribution in [0.1, 0.15) is 50.3 Å². The molecule has 1 aromatic rings. The van der Waals surface area contributed by atoms with Crippen LogP contribution >= 0.6 is 0 Å². The van der Waals surface area contributed by atoms with E-state index in [2.05, 4.69) is 28.3 Å². The summed E-state index contributed by atoms with van der Waals surface area (Å²) in [6.45, 7) is 6.05. The Morgan fingerprint density at radius 3 is 2.94 bits per heavy atom. The van der Waals surface area contributed by atoms with E-state index in [1.54, 1.807) is 6.20 Å². The predicted molar refractivity (Wildman–Crippen MR) is 121 cm³/mol. The van der Waals surface area contributed by atoms with E-state index < -0.39 is 16.6 Å². The number of nitrogens with one attached hydrogen (secondary N) is 1. The van der Waals surface area contributed by atoms with Crippen LogP contribution in [0.15, 0.2) is 41.2 Å². The molecule has 0 bridgehead atoms. The van der Waals surface area contributed by atoms with Crippen LogP contribution in [0.4, 0.5) is 0 Å². The highest BCUT2D eigenvalue weighted by atomic mass is 32.2. The molecule has 1 fully saturated rings. The monoisotopic (exact) mass is 445 g/mol. The third-order valence-corrected chi connectivity index (χ3v) is 6.96. The molecule has 1 saturated heterocycles. The summed E-state index contributed by atoms with van der Waals surface area (Å²) in [6.07, 6.45) is 12.1. The lowest BCUT2D eigenvalue weighted by Gasteiger charge is -2.37. The van der Waals surface area contributed by atoms with Gasteiger partial charge in [0.05, 0.1) is 48.1 Å². The highest BCUT2D eigenvalue weighted by Crippen LogP contribution is 2.29. The Kier molecular flexibility index (Phi) is 7.20. The van der Waals surface area contributed by atoms with Crippen LogP contribution in [0, 0.1) is 6.92 Å². The molecule has 0 saturated carbocycles. The van der Waals surface area contributed by atoms with E-state index in [1.807, 2.05) is 25.1 Å². The molecule has 1 N–H and O–H groups in total. The average molecular weight is 446 g/mol. The predicted octanol–water partition coefficient (Wildman–Crippen LogP) is 3.51. The number of nitrogens with zero attached hydrogens (tertiary/aromatic N) is 2. The first kappa shape index (κ1) is 22.2. The second-order valence-electron chi connectivity index (χ2n) is 8.04. The minimum Gasteiger partial charge on any atom is -0.493 e. The van der Waals surface area contributed by atoms with Crippen LogP contribution in [0.2, 0.25) is 0 Å². The lowest BCUT2D eigenvalue weighted by atomic mass is 10.1. The highest BCUT2D eigenvalue weighted by molar-refractivity contribution is 7.99. The summed E-state index contributed by atoms with van der Waals surface area (Å²) >= 11 is 0. The number of rotatable bonds is 8. The highest BCUT2D eigenvalue weighted by Gasteiger charge is 2.33. The van der Waals surface area contributed by atoms with Gasteiger partial charge in [-0.2, -0.15) is 0 Å². The maximum Gasteiger partial charge on any atom is 0.193 e. The van der Waals surface area contributed by atoms with Crippen molar-refractivity contribution >= 4 is 16.0 Å². The van der Waals surface area contributed by atoms with Gasteiger partial charge >= 0.3 is 0 Å². The van der Waals surface area contributed by atoms with Crippen LogP contribution in [0.25, 0.3) is 0 Å². The Hall–Kier alpha value is -2.03. The van der Waals surface area contributed by atoms with Crippen LogP contribution in [-0.4, -0.2) is 46.0 Å². The van der Waals surface area contributed by atoms with E-state index in [1.165, 1.54) is 0 Å². The summed E-state index contributed by atoms with van der Waals surface area (Å²) in [4.78, 5) is 9.03. The fourth-order valence-corrected chi connectivity index (χ4v) is 5.21. The van der Waals surface area contributed by atoms with E-state index in [-0.39, 0.29) is 6.04 Å². The van der Waals surface area contributed by atoms with Gasteiger partial charge in [-0.15, -0.1) is 0 Å². The van der Waals surface area contributed by atoms with Crippen molar-refractivity contribution in [3.05, 3.63) is 47.4 Å². The van der Waals surface area contributed by atoms with Crippen molar-refractivity contribution in [2.24, 2.45) is 4.99 Å². The van der Waals surface area contributed by atoms with Crippen molar-refractivity contribution in [3.8, 4) is 5.75 Å². The summed E-state index contributed by atoms with van der Waals surface area (Å²) in [5.74, 6) is 0.519. The molecule has 2 aliphatic heterocycles. The minimum absolute atomic E-state index is 0.0624. The molecule has 2 atom stereocenters. The number of aliphatic imine (C=N–C) groups is 1. The van der Waals surface area contributed by atoms with Crippen LogP contribution in [-0.2, 0) is 26.0 Å². The van der Waals surface area contributed by atoms with Gasteiger partial charge in [0.25, 0.3) is 0 Å². The van der Waals surface area contributed by atoms with Gasteiger partial charge in [-0.05, 0) is 31.9 Å². The number of hydrogen-bond donors (Lipinski definition) is 1. The fourth-order valence-electron chi connectivity index (χ4n) is 4.06. The molecule has 0 amide bonds. The third kappa shape index (κ3) is 5.25. The number of hydrogen-bond acceptors (Lipinski definition) is 7. The Morgan fingerprint density at radius 2 is 2.16 bits per heavy atom. The van der Waals surface area contributed by atoms with Crippen LogP contribution in [0.3, 0.4) is 0 Å². The number of allylic oxidation sites excluding steroid dienone is 2. The number of ether oxygens (including phenoxy) is 3. The summed E-state index contributed by atoms with van der Waals surface area (Å²) < 4.78 is 30.9. The first-order valence-corrected chi connectivity index (χ1v) is 12.4. The van der Waals surface area contributed by atoms with E-state index in [9.17, 15) is 4.21 Å².